The number of carbonyl (C=O) groups excluding carboxylic acids is 1. The fourth-order valence-electron chi connectivity index (χ4n) is 2.22. The molecule has 1 heterocycles. The molecule has 1 aromatic heterocycles. The average Bonchev–Trinajstić information content (AvgIpc) is 2.55. The number of anilines is 2. The van der Waals surface area contributed by atoms with Gasteiger partial charge in [0.05, 0.1) is 13.5 Å². The Kier molecular flexibility index (Phi) is 5.68. The maximum Gasteiger partial charge on any atom is 0.306 e. The highest BCUT2D eigenvalue weighted by Gasteiger charge is 2.11. The Bertz CT molecular complexity index is 654. The molecule has 0 spiro atoms. The molecule has 0 aliphatic heterocycles. The van der Waals surface area contributed by atoms with Crippen molar-refractivity contribution in [3.63, 3.8) is 0 Å². The van der Waals surface area contributed by atoms with Crippen molar-refractivity contribution in [2.24, 2.45) is 0 Å². The molecule has 0 amide bonds. The van der Waals surface area contributed by atoms with Crippen molar-refractivity contribution >= 4 is 17.5 Å². The topological polar surface area (TPSA) is 64.1 Å². The molecule has 0 aliphatic carbocycles. The number of esters is 1. The first-order chi connectivity index (χ1) is 11.0. The molecule has 0 fully saturated rings. The van der Waals surface area contributed by atoms with Crippen LogP contribution in [0.3, 0.4) is 0 Å². The Hall–Kier alpha value is -2.43. The Morgan fingerprint density at radius 2 is 1.87 bits per heavy atom. The minimum Gasteiger partial charge on any atom is -0.469 e. The van der Waals surface area contributed by atoms with Gasteiger partial charge in [0.25, 0.3) is 0 Å². The van der Waals surface area contributed by atoms with Gasteiger partial charge in [0.2, 0.25) is 0 Å². The van der Waals surface area contributed by atoms with Gasteiger partial charge in [-0.15, -0.1) is 0 Å². The van der Waals surface area contributed by atoms with E-state index >= 15 is 0 Å². The van der Waals surface area contributed by atoms with Crippen LogP contribution in [-0.2, 0) is 9.53 Å². The van der Waals surface area contributed by atoms with Crippen molar-refractivity contribution in [2.75, 3.05) is 12.4 Å². The van der Waals surface area contributed by atoms with E-state index < -0.39 is 0 Å². The molecule has 1 unspecified atom stereocenters. The quantitative estimate of drug-likeness (QED) is 0.816. The summed E-state index contributed by atoms with van der Waals surface area (Å²) in [5.41, 5.74) is 2.05. The number of hydrogen-bond acceptors (Lipinski definition) is 5. The van der Waals surface area contributed by atoms with Crippen LogP contribution in [0.15, 0.2) is 36.5 Å². The predicted octanol–water partition coefficient (Wildman–Crippen LogP) is 4.01. The van der Waals surface area contributed by atoms with E-state index in [1.165, 1.54) is 7.11 Å². The Labute approximate surface area is 137 Å². The number of hydrogen-bond donors (Lipinski definition) is 1. The summed E-state index contributed by atoms with van der Waals surface area (Å²) in [7, 11) is 1.41. The summed E-state index contributed by atoms with van der Waals surface area (Å²) in [6, 6.07) is 9.85. The van der Waals surface area contributed by atoms with Crippen LogP contribution in [0.5, 0.6) is 0 Å². The second kappa shape index (κ2) is 7.72. The molecular weight excluding hydrogens is 290 g/mol. The number of nitrogens with one attached hydrogen (secondary N) is 1. The highest BCUT2D eigenvalue weighted by molar-refractivity contribution is 5.70. The van der Waals surface area contributed by atoms with E-state index in [2.05, 4.69) is 29.1 Å². The second-order valence-electron chi connectivity index (χ2n) is 5.88. The van der Waals surface area contributed by atoms with Crippen molar-refractivity contribution in [3.8, 4) is 0 Å². The van der Waals surface area contributed by atoms with Crippen LogP contribution in [0, 0.1) is 0 Å². The summed E-state index contributed by atoms with van der Waals surface area (Å²) in [5, 5.41) is 3.27. The summed E-state index contributed by atoms with van der Waals surface area (Å²) in [6.45, 7) is 6.14. The third-order valence-corrected chi connectivity index (χ3v) is 3.64. The third kappa shape index (κ3) is 4.77. The molecule has 0 saturated heterocycles. The first-order valence-electron chi connectivity index (χ1n) is 7.76. The summed E-state index contributed by atoms with van der Waals surface area (Å²) in [6.07, 6.45) is 2.14. The van der Waals surface area contributed by atoms with Crippen LogP contribution in [0.1, 0.15) is 50.4 Å². The maximum atomic E-state index is 11.3. The van der Waals surface area contributed by atoms with Gasteiger partial charge in [-0.2, -0.15) is 0 Å². The standard InChI is InChI=1S/C18H23N3O2/c1-12(2)18-19-10-9-16(21-18)20-15-7-5-14(6-8-15)13(3)11-17(22)23-4/h5-10,12-13H,11H2,1-4H3,(H,19,20,21). The SMILES string of the molecule is COC(=O)CC(C)c1ccc(Nc2ccnc(C(C)C)n2)cc1. The van der Waals surface area contributed by atoms with Crippen LogP contribution in [0.2, 0.25) is 0 Å². The first-order valence-corrected chi connectivity index (χ1v) is 7.76. The Morgan fingerprint density at radius 3 is 2.48 bits per heavy atom. The van der Waals surface area contributed by atoms with Gasteiger partial charge in [-0.05, 0) is 29.7 Å². The molecule has 0 saturated carbocycles. The zero-order valence-electron chi connectivity index (χ0n) is 14.0. The lowest BCUT2D eigenvalue weighted by molar-refractivity contribution is -0.140. The van der Waals surface area contributed by atoms with E-state index in [0.29, 0.717) is 12.3 Å². The molecule has 2 aromatic rings. The zero-order chi connectivity index (χ0) is 16.8. The Morgan fingerprint density at radius 1 is 1.17 bits per heavy atom. The van der Waals surface area contributed by atoms with Gasteiger partial charge in [-0.25, -0.2) is 9.97 Å². The lowest BCUT2D eigenvalue weighted by Crippen LogP contribution is -2.06. The van der Waals surface area contributed by atoms with Gasteiger partial charge in [0, 0.05) is 17.8 Å². The number of benzene rings is 1. The number of rotatable bonds is 6. The molecule has 5 heteroatoms. The number of methoxy groups -OCH3 is 1. The first kappa shape index (κ1) is 16.9. The molecule has 23 heavy (non-hydrogen) atoms. The predicted molar refractivity (Wildman–Crippen MR) is 90.9 cm³/mol. The van der Waals surface area contributed by atoms with Crippen LogP contribution in [-0.4, -0.2) is 23.0 Å². The number of nitrogens with zero attached hydrogens (tertiary/aromatic N) is 2. The molecule has 0 radical (unpaired) electrons. The van der Waals surface area contributed by atoms with Crippen LogP contribution >= 0.6 is 0 Å². The third-order valence-electron chi connectivity index (χ3n) is 3.64. The fraction of sp³-hybridized carbons (Fsp3) is 0.389. The van der Waals surface area contributed by atoms with E-state index in [0.717, 1.165) is 22.9 Å². The Balaban J connectivity index is 2.05. The van der Waals surface area contributed by atoms with Gasteiger partial charge < -0.3 is 10.1 Å². The van der Waals surface area contributed by atoms with E-state index in [4.69, 9.17) is 4.74 Å². The van der Waals surface area contributed by atoms with Crippen LogP contribution in [0.4, 0.5) is 11.5 Å². The fourth-order valence-corrected chi connectivity index (χ4v) is 2.22. The molecule has 0 bridgehead atoms. The highest BCUT2D eigenvalue weighted by Crippen LogP contribution is 2.23. The van der Waals surface area contributed by atoms with E-state index in [-0.39, 0.29) is 11.9 Å². The minimum atomic E-state index is -0.193. The normalized spacial score (nSPS) is 12.0. The summed E-state index contributed by atoms with van der Waals surface area (Å²) in [5.74, 6) is 1.82. The van der Waals surface area contributed by atoms with Crippen molar-refractivity contribution in [2.45, 2.75) is 39.0 Å². The van der Waals surface area contributed by atoms with Crippen molar-refractivity contribution in [1.82, 2.24) is 9.97 Å². The van der Waals surface area contributed by atoms with Gasteiger partial charge in [-0.3, -0.25) is 4.79 Å². The molecule has 2 rings (SSSR count). The lowest BCUT2D eigenvalue weighted by Gasteiger charge is -2.12. The molecule has 0 aliphatic rings. The van der Waals surface area contributed by atoms with E-state index in [9.17, 15) is 4.79 Å². The van der Waals surface area contributed by atoms with Crippen molar-refractivity contribution < 1.29 is 9.53 Å². The van der Waals surface area contributed by atoms with Crippen LogP contribution in [0.25, 0.3) is 0 Å². The number of ether oxygens (including phenoxy) is 1. The zero-order valence-corrected chi connectivity index (χ0v) is 14.0. The van der Waals surface area contributed by atoms with Crippen LogP contribution < -0.4 is 5.32 Å². The molecule has 1 N–H and O–H groups in total. The minimum absolute atomic E-state index is 0.128. The summed E-state index contributed by atoms with van der Waals surface area (Å²) < 4.78 is 4.71. The average molecular weight is 313 g/mol. The van der Waals surface area contributed by atoms with E-state index in [1.54, 1.807) is 6.20 Å². The van der Waals surface area contributed by atoms with Gasteiger partial charge in [0.1, 0.15) is 11.6 Å². The van der Waals surface area contributed by atoms with Gasteiger partial charge in [-0.1, -0.05) is 32.9 Å². The maximum absolute atomic E-state index is 11.3. The molecular formula is C18H23N3O2. The smallest absolute Gasteiger partial charge is 0.306 e. The number of aromatic nitrogens is 2. The highest BCUT2D eigenvalue weighted by atomic mass is 16.5. The summed E-state index contributed by atoms with van der Waals surface area (Å²) >= 11 is 0. The lowest BCUT2D eigenvalue weighted by atomic mass is 9.98. The second-order valence-corrected chi connectivity index (χ2v) is 5.88. The van der Waals surface area contributed by atoms with Crippen molar-refractivity contribution in [3.05, 3.63) is 47.9 Å². The molecule has 122 valence electrons. The van der Waals surface area contributed by atoms with Crippen molar-refractivity contribution in [1.29, 1.82) is 0 Å². The number of carbonyl (C=O) groups is 1. The molecule has 1 atom stereocenters. The van der Waals surface area contributed by atoms with E-state index in [1.807, 2.05) is 37.3 Å². The summed E-state index contributed by atoms with van der Waals surface area (Å²) in [4.78, 5) is 20.1. The van der Waals surface area contributed by atoms with Gasteiger partial charge >= 0.3 is 5.97 Å². The molecule has 1 aromatic carbocycles. The largest absolute Gasteiger partial charge is 0.469 e. The monoisotopic (exact) mass is 313 g/mol. The molecule has 5 nitrogen and oxygen atoms in total. The van der Waals surface area contributed by atoms with Gasteiger partial charge in [0.15, 0.2) is 0 Å².